The zero-order valence-corrected chi connectivity index (χ0v) is 17.1. The minimum absolute atomic E-state index is 0.203. The molecular weight excluding hydrogens is 380 g/mol. The molecule has 7 nitrogen and oxygen atoms in total. The quantitative estimate of drug-likeness (QED) is 0.650. The second-order valence-electron chi connectivity index (χ2n) is 6.63. The van der Waals surface area contributed by atoms with Crippen molar-refractivity contribution in [3.8, 4) is 5.75 Å². The number of nitrogens with zero attached hydrogens (tertiary/aromatic N) is 3. The van der Waals surface area contributed by atoms with Crippen LogP contribution in [-0.2, 0) is 13.2 Å². The van der Waals surface area contributed by atoms with Gasteiger partial charge in [-0.1, -0.05) is 28.9 Å². The second kappa shape index (κ2) is 8.48. The predicted octanol–water partition coefficient (Wildman–Crippen LogP) is 3.77. The average molecular weight is 403 g/mol. The highest BCUT2D eigenvalue weighted by atomic mass is 35.5. The third-order valence-electron chi connectivity index (χ3n) is 4.47. The molecule has 1 N–H and O–H groups in total. The van der Waals surface area contributed by atoms with Crippen molar-refractivity contribution in [2.24, 2.45) is 0 Å². The van der Waals surface area contributed by atoms with E-state index in [2.05, 4.69) is 15.6 Å². The molecule has 2 heterocycles. The fourth-order valence-corrected chi connectivity index (χ4v) is 2.99. The summed E-state index contributed by atoms with van der Waals surface area (Å²) in [6.07, 6.45) is 0. The molecule has 0 saturated carbocycles. The minimum Gasteiger partial charge on any atom is -0.489 e. The van der Waals surface area contributed by atoms with E-state index in [1.807, 2.05) is 45.0 Å². The van der Waals surface area contributed by atoms with E-state index in [9.17, 15) is 4.79 Å². The highest BCUT2D eigenvalue weighted by Crippen LogP contribution is 2.20. The molecule has 0 spiro atoms. The van der Waals surface area contributed by atoms with Crippen LogP contribution in [0.1, 0.15) is 38.8 Å². The number of hydrogen-bond donors (Lipinski definition) is 1. The largest absolute Gasteiger partial charge is 0.489 e. The predicted molar refractivity (Wildman–Crippen MR) is 106 cm³/mol. The van der Waals surface area contributed by atoms with E-state index in [4.69, 9.17) is 20.9 Å². The molecule has 0 fully saturated rings. The van der Waals surface area contributed by atoms with Crippen LogP contribution in [0.5, 0.6) is 5.75 Å². The van der Waals surface area contributed by atoms with Gasteiger partial charge in [-0.25, -0.2) is 0 Å². The summed E-state index contributed by atoms with van der Waals surface area (Å²) in [6, 6.07) is 7.72. The van der Waals surface area contributed by atoms with Crippen molar-refractivity contribution in [1.82, 2.24) is 20.3 Å². The van der Waals surface area contributed by atoms with E-state index in [0.29, 0.717) is 29.4 Å². The lowest BCUT2D eigenvalue weighted by Gasteiger charge is -2.08. The molecule has 0 aliphatic heterocycles. The van der Waals surface area contributed by atoms with Crippen molar-refractivity contribution in [2.45, 2.75) is 40.8 Å². The topological polar surface area (TPSA) is 82.2 Å². The highest BCUT2D eigenvalue weighted by molar-refractivity contribution is 6.31. The molecular formula is C20H23ClN4O3. The zero-order chi connectivity index (χ0) is 20.3. The molecule has 3 rings (SSSR count). The molecule has 3 aromatic rings. The number of amides is 1. The molecule has 0 aliphatic rings. The van der Waals surface area contributed by atoms with Crippen molar-refractivity contribution in [2.75, 3.05) is 6.54 Å². The van der Waals surface area contributed by atoms with E-state index in [1.165, 1.54) is 0 Å². The van der Waals surface area contributed by atoms with Gasteiger partial charge in [-0.05, 0) is 45.4 Å². The number of aryl methyl sites for hydroxylation is 3. The number of halogens is 1. The van der Waals surface area contributed by atoms with Gasteiger partial charge in [-0.3, -0.25) is 9.48 Å². The van der Waals surface area contributed by atoms with Crippen LogP contribution >= 0.6 is 11.6 Å². The molecule has 0 radical (unpaired) electrons. The van der Waals surface area contributed by atoms with Crippen LogP contribution in [0.25, 0.3) is 0 Å². The Labute approximate surface area is 168 Å². The van der Waals surface area contributed by atoms with Crippen LogP contribution < -0.4 is 10.1 Å². The first-order valence-corrected chi connectivity index (χ1v) is 9.37. The third kappa shape index (κ3) is 4.36. The van der Waals surface area contributed by atoms with Crippen molar-refractivity contribution >= 4 is 17.5 Å². The molecule has 2 aromatic heterocycles. The molecule has 8 heteroatoms. The van der Waals surface area contributed by atoms with Gasteiger partial charge in [-0.2, -0.15) is 5.10 Å². The number of rotatable bonds is 7. The van der Waals surface area contributed by atoms with Crippen molar-refractivity contribution in [3.05, 3.63) is 63.3 Å². The molecule has 0 aliphatic carbocycles. The number of nitrogens with one attached hydrogen (secondary N) is 1. The van der Waals surface area contributed by atoms with Gasteiger partial charge in [0.2, 0.25) is 0 Å². The Morgan fingerprint density at radius 1 is 1.29 bits per heavy atom. The van der Waals surface area contributed by atoms with Gasteiger partial charge >= 0.3 is 0 Å². The fourth-order valence-electron chi connectivity index (χ4n) is 2.85. The van der Waals surface area contributed by atoms with E-state index in [1.54, 1.807) is 11.6 Å². The first-order chi connectivity index (χ1) is 13.4. The molecule has 0 saturated heterocycles. The standard InChI is InChI=1S/C20H23ClN4O3/c1-12-6-5-7-16(10-12)27-11-17-15(4)28-24-19(17)20(26)22-8-9-25-14(3)18(21)13(2)23-25/h5-7,10H,8-9,11H2,1-4H3,(H,22,26). The molecule has 28 heavy (non-hydrogen) atoms. The number of ether oxygens (including phenoxy) is 1. The maximum Gasteiger partial charge on any atom is 0.273 e. The molecule has 0 unspecified atom stereocenters. The maximum absolute atomic E-state index is 12.5. The molecule has 1 aromatic carbocycles. The lowest BCUT2D eigenvalue weighted by Crippen LogP contribution is -2.29. The van der Waals surface area contributed by atoms with Crippen LogP contribution in [-0.4, -0.2) is 27.4 Å². The van der Waals surface area contributed by atoms with Crippen molar-refractivity contribution < 1.29 is 14.1 Å². The zero-order valence-electron chi connectivity index (χ0n) is 16.4. The van der Waals surface area contributed by atoms with Crippen LogP contribution in [0.3, 0.4) is 0 Å². The Hall–Kier alpha value is -2.80. The van der Waals surface area contributed by atoms with Crippen molar-refractivity contribution in [1.29, 1.82) is 0 Å². The summed E-state index contributed by atoms with van der Waals surface area (Å²) in [5, 5.41) is 11.7. The van der Waals surface area contributed by atoms with Gasteiger partial charge in [0, 0.05) is 6.54 Å². The monoisotopic (exact) mass is 402 g/mol. The summed E-state index contributed by atoms with van der Waals surface area (Å²) in [7, 11) is 0. The lowest BCUT2D eigenvalue weighted by atomic mass is 10.2. The Morgan fingerprint density at radius 2 is 2.07 bits per heavy atom. The van der Waals surface area contributed by atoms with Gasteiger partial charge in [0.25, 0.3) is 5.91 Å². The normalized spacial score (nSPS) is 10.9. The van der Waals surface area contributed by atoms with Gasteiger partial charge < -0.3 is 14.6 Å². The summed E-state index contributed by atoms with van der Waals surface area (Å²) < 4.78 is 12.8. The summed E-state index contributed by atoms with van der Waals surface area (Å²) in [5.74, 6) is 0.976. The number of benzene rings is 1. The second-order valence-corrected chi connectivity index (χ2v) is 7.01. The fraction of sp³-hybridized carbons (Fsp3) is 0.350. The number of carbonyl (C=O) groups is 1. The van der Waals surface area contributed by atoms with Gasteiger partial charge in [0.15, 0.2) is 5.69 Å². The number of aromatic nitrogens is 3. The first kappa shape index (κ1) is 19.9. The molecule has 148 valence electrons. The Kier molecular flexibility index (Phi) is 6.04. The summed E-state index contributed by atoms with van der Waals surface area (Å²) >= 11 is 6.15. The maximum atomic E-state index is 12.5. The lowest BCUT2D eigenvalue weighted by molar-refractivity contribution is 0.0940. The number of carbonyl (C=O) groups excluding carboxylic acids is 1. The summed E-state index contributed by atoms with van der Waals surface area (Å²) in [6.45, 7) is 8.60. The molecule has 0 bridgehead atoms. The summed E-state index contributed by atoms with van der Waals surface area (Å²) in [4.78, 5) is 12.5. The van der Waals surface area contributed by atoms with Crippen LogP contribution in [0.4, 0.5) is 0 Å². The highest BCUT2D eigenvalue weighted by Gasteiger charge is 2.20. The summed E-state index contributed by atoms with van der Waals surface area (Å²) in [5.41, 5.74) is 3.61. The van der Waals surface area contributed by atoms with Gasteiger partial charge in [-0.15, -0.1) is 0 Å². The van der Waals surface area contributed by atoms with Gasteiger partial charge in [0.05, 0.1) is 28.5 Å². The van der Waals surface area contributed by atoms with Gasteiger partial charge in [0.1, 0.15) is 18.1 Å². The van der Waals surface area contributed by atoms with Crippen molar-refractivity contribution in [3.63, 3.8) is 0 Å². The molecule has 1 amide bonds. The number of hydrogen-bond acceptors (Lipinski definition) is 5. The Balaban J connectivity index is 1.61. The van der Waals surface area contributed by atoms with E-state index >= 15 is 0 Å². The van der Waals surface area contributed by atoms with Crippen LogP contribution in [0, 0.1) is 27.7 Å². The van der Waals surface area contributed by atoms with Crippen LogP contribution in [0.2, 0.25) is 5.02 Å². The average Bonchev–Trinajstić information content (AvgIpc) is 3.15. The smallest absolute Gasteiger partial charge is 0.273 e. The Bertz CT molecular complexity index is 993. The van der Waals surface area contributed by atoms with E-state index < -0.39 is 0 Å². The van der Waals surface area contributed by atoms with E-state index in [-0.39, 0.29) is 18.2 Å². The first-order valence-electron chi connectivity index (χ1n) is 8.99. The van der Waals surface area contributed by atoms with E-state index in [0.717, 1.165) is 22.7 Å². The third-order valence-corrected chi connectivity index (χ3v) is 5.02. The Morgan fingerprint density at radius 3 is 2.75 bits per heavy atom. The SMILES string of the molecule is Cc1cccc(OCc2c(C(=O)NCCn3nc(C)c(Cl)c3C)noc2C)c1. The molecule has 0 atom stereocenters. The minimum atomic E-state index is -0.313. The van der Waals surface area contributed by atoms with Crippen LogP contribution in [0.15, 0.2) is 28.8 Å².